The summed E-state index contributed by atoms with van der Waals surface area (Å²) in [7, 11) is 4.26. The summed E-state index contributed by atoms with van der Waals surface area (Å²) in [5, 5.41) is 9.63. The van der Waals surface area contributed by atoms with Crippen molar-refractivity contribution in [2.45, 2.75) is 26.0 Å². The van der Waals surface area contributed by atoms with Crippen LogP contribution < -0.4 is 4.90 Å². The van der Waals surface area contributed by atoms with Gasteiger partial charge in [-0.05, 0) is 44.6 Å². The van der Waals surface area contributed by atoms with Gasteiger partial charge in [-0.2, -0.15) is 0 Å². The highest BCUT2D eigenvalue weighted by Crippen LogP contribution is 2.26. The normalized spacial score (nSPS) is 25.8. The number of aliphatic hydroxyl groups is 1. The van der Waals surface area contributed by atoms with Crippen molar-refractivity contribution < 1.29 is 5.11 Å². The molecule has 1 aliphatic rings. The zero-order chi connectivity index (χ0) is 13.3. The molecule has 1 aromatic heterocycles. The molecule has 0 amide bonds. The smallest absolute Gasteiger partial charge is 0.128 e. The van der Waals surface area contributed by atoms with Crippen molar-refractivity contribution in [3.8, 4) is 0 Å². The van der Waals surface area contributed by atoms with E-state index in [0.29, 0.717) is 12.0 Å². The predicted octanol–water partition coefficient (Wildman–Crippen LogP) is 1.52. The molecule has 100 valence electrons. The van der Waals surface area contributed by atoms with Crippen molar-refractivity contribution >= 4 is 5.82 Å². The SMILES string of the molecule is CC1CN(c2cc([C@H](C)O)ccn2)CC1N(C)C. The van der Waals surface area contributed by atoms with Crippen LogP contribution in [0.15, 0.2) is 18.3 Å². The quantitative estimate of drug-likeness (QED) is 0.881. The van der Waals surface area contributed by atoms with Gasteiger partial charge >= 0.3 is 0 Å². The number of hydrogen-bond donors (Lipinski definition) is 1. The van der Waals surface area contributed by atoms with Gasteiger partial charge in [0, 0.05) is 25.3 Å². The lowest BCUT2D eigenvalue weighted by Gasteiger charge is -2.22. The number of aromatic nitrogens is 1. The van der Waals surface area contributed by atoms with Gasteiger partial charge in [0.2, 0.25) is 0 Å². The van der Waals surface area contributed by atoms with E-state index < -0.39 is 6.10 Å². The molecule has 1 saturated heterocycles. The first-order valence-electron chi connectivity index (χ1n) is 6.54. The molecule has 18 heavy (non-hydrogen) atoms. The minimum Gasteiger partial charge on any atom is -0.389 e. The summed E-state index contributed by atoms with van der Waals surface area (Å²) >= 11 is 0. The molecule has 0 bridgehead atoms. The van der Waals surface area contributed by atoms with Crippen molar-refractivity contribution in [1.29, 1.82) is 0 Å². The largest absolute Gasteiger partial charge is 0.389 e. The summed E-state index contributed by atoms with van der Waals surface area (Å²) in [6.07, 6.45) is 1.35. The van der Waals surface area contributed by atoms with E-state index in [0.717, 1.165) is 24.5 Å². The Labute approximate surface area is 109 Å². The fourth-order valence-corrected chi connectivity index (χ4v) is 2.68. The summed E-state index contributed by atoms with van der Waals surface area (Å²) in [6, 6.07) is 4.44. The van der Waals surface area contributed by atoms with Crippen LogP contribution in [0.4, 0.5) is 5.82 Å². The first kappa shape index (κ1) is 13.3. The Morgan fingerprint density at radius 2 is 2.17 bits per heavy atom. The van der Waals surface area contributed by atoms with Crippen molar-refractivity contribution in [2.75, 3.05) is 32.1 Å². The molecular weight excluding hydrogens is 226 g/mol. The summed E-state index contributed by atoms with van der Waals surface area (Å²) in [5.41, 5.74) is 0.931. The number of aliphatic hydroxyl groups excluding tert-OH is 1. The van der Waals surface area contributed by atoms with Gasteiger partial charge in [0.15, 0.2) is 0 Å². The molecule has 1 aliphatic heterocycles. The Hall–Kier alpha value is -1.13. The van der Waals surface area contributed by atoms with E-state index in [9.17, 15) is 5.11 Å². The Bertz CT molecular complexity index is 406. The van der Waals surface area contributed by atoms with E-state index >= 15 is 0 Å². The van der Waals surface area contributed by atoms with Crippen LogP contribution in [0.3, 0.4) is 0 Å². The number of hydrogen-bond acceptors (Lipinski definition) is 4. The highest BCUT2D eigenvalue weighted by molar-refractivity contribution is 5.43. The van der Waals surface area contributed by atoms with Gasteiger partial charge in [-0.3, -0.25) is 0 Å². The van der Waals surface area contributed by atoms with Crippen LogP contribution in [-0.4, -0.2) is 48.2 Å². The van der Waals surface area contributed by atoms with Gasteiger partial charge in [-0.25, -0.2) is 4.98 Å². The average Bonchev–Trinajstić information content (AvgIpc) is 2.71. The Balaban J connectivity index is 2.16. The number of anilines is 1. The molecule has 2 heterocycles. The van der Waals surface area contributed by atoms with Gasteiger partial charge in [-0.15, -0.1) is 0 Å². The standard InChI is InChI=1S/C14H23N3O/c1-10-8-17(9-13(10)16(3)4)14-7-12(11(2)18)5-6-15-14/h5-7,10-11,13,18H,8-9H2,1-4H3/t10?,11-,13?/m0/s1. The fraction of sp³-hybridized carbons (Fsp3) is 0.643. The van der Waals surface area contributed by atoms with Gasteiger partial charge in [0.05, 0.1) is 6.10 Å². The molecule has 1 aromatic rings. The third-order valence-corrected chi connectivity index (χ3v) is 3.81. The second-order valence-electron chi connectivity index (χ2n) is 5.54. The monoisotopic (exact) mass is 249 g/mol. The molecule has 2 unspecified atom stereocenters. The van der Waals surface area contributed by atoms with Crippen molar-refractivity contribution in [1.82, 2.24) is 9.88 Å². The van der Waals surface area contributed by atoms with E-state index in [2.05, 4.69) is 35.8 Å². The summed E-state index contributed by atoms with van der Waals surface area (Å²) < 4.78 is 0. The van der Waals surface area contributed by atoms with Crippen molar-refractivity contribution in [3.05, 3.63) is 23.9 Å². The maximum Gasteiger partial charge on any atom is 0.128 e. The van der Waals surface area contributed by atoms with Crippen LogP contribution in [-0.2, 0) is 0 Å². The molecule has 4 nitrogen and oxygen atoms in total. The molecule has 0 aromatic carbocycles. The van der Waals surface area contributed by atoms with Gasteiger partial charge in [-0.1, -0.05) is 6.92 Å². The lowest BCUT2D eigenvalue weighted by molar-refractivity contribution is 0.199. The predicted molar refractivity (Wildman–Crippen MR) is 73.7 cm³/mol. The van der Waals surface area contributed by atoms with E-state index in [1.54, 1.807) is 13.1 Å². The van der Waals surface area contributed by atoms with Gasteiger partial charge in [0.1, 0.15) is 5.82 Å². The van der Waals surface area contributed by atoms with Crippen LogP contribution in [0.1, 0.15) is 25.5 Å². The summed E-state index contributed by atoms with van der Waals surface area (Å²) in [4.78, 5) is 9.02. The zero-order valence-electron chi connectivity index (χ0n) is 11.7. The highest BCUT2D eigenvalue weighted by atomic mass is 16.3. The maximum atomic E-state index is 9.63. The van der Waals surface area contributed by atoms with Gasteiger partial charge in [0.25, 0.3) is 0 Å². The van der Waals surface area contributed by atoms with E-state index in [4.69, 9.17) is 0 Å². The number of nitrogens with zero attached hydrogens (tertiary/aromatic N) is 3. The minimum absolute atomic E-state index is 0.434. The van der Waals surface area contributed by atoms with Crippen LogP contribution >= 0.6 is 0 Å². The summed E-state index contributed by atoms with van der Waals surface area (Å²) in [6.45, 7) is 6.10. The topological polar surface area (TPSA) is 39.6 Å². The molecule has 2 rings (SSSR count). The molecule has 4 heteroatoms. The number of rotatable bonds is 3. The number of likely N-dealkylation sites (N-methyl/N-ethyl adjacent to an activating group) is 1. The second-order valence-corrected chi connectivity index (χ2v) is 5.54. The average molecular weight is 249 g/mol. The van der Waals surface area contributed by atoms with Crippen LogP contribution in [0, 0.1) is 5.92 Å². The minimum atomic E-state index is -0.434. The zero-order valence-corrected chi connectivity index (χ0v) is 11.7. The molecule has 0 spiro atoms. The Morgan fingerprint density at radius 1 is 1.44 bits per heavy atom. The third kappa shape index (κ3) is 2.65. The summed E-state index contributed by atoms with van der Waals surface area (Å²) in [5.74, 6) is 1.61. The van der Waals surface area contributed by atoms with Gasteiger partial charge < -0.3 is 14.9 Å². The third-order valence-electron chi connectivity index (χ3n) is 3.81. The lowest BCUT2D eigenvalue weighted by atomic mass is 10.1. The Morgan fingerprint density at radius 3 is 2.72 bits per heavy atom. The molecular formula is C14H23N3O. The van der Waals surface area contributed by atoms with Crippen molar-refractivity contribution in [2.24, 2.45) is 5.92 Å². The molecule has 1 N–H and O–H groups in total. The molecule has 1 fully saturated rings. The van der Waals surface area contributed by atoms with E-state index in [1.807, 2.05) is 12.1 Å². The first-order chi connectivity index (χ1) is 8.49. The molecule has 0 radical (unpaired) electrons. The van der Waals surface area contributed by atoms with Crippen LogP contribution in [0.2, 0.25) is 0 Å². The molecule has 3 atom stereocenters. The Kier molecular flexibility index (Phi) is 3.88. The fourth-order valence-electron chi connectivity index (χ4n) is 2.68. The van der Waals surface area contributed by atoms with E-state index in [1.165, 1.54) is 0 Å². The van der Waals surface area contributed by atoms with Crippen LogP contribution in [0.5, 0.6) is 0 Å². The van der Waals surface area contributed by atoms with Crippen molar-refractivity contribution in [3.63, 3.8) is 0 Å². The first-order valence-corrected chi connectivity index (χ1v) is 6.54. The molecule has 0 aliphatic carbocycles. The maximum absolute atomic E-state index is 9.63. The highest BCUT2D eigenvalue weighted by Gasteiger charge is 2.31. The second kappa shape index (κ2) is 5.24. The lowest BCUT2D eigenvalue weighted by Crippen LogP contribution is -2.34. The van der Waals surface area contributed by atoms with Crippen LogP contribution in [0.25, 0.3) is 0 Å². The van der Waals surface area contributed by atoms with E-state index in [-0.39, 0.29) is 0 Å². The molecule has 0 saturated carbocycles. The number of pyridine rings is 1.